The minimum Gasteiger partial charge on any atom is -0.457 e. The summed E-state index contributed by atoms with van der Waals surface area (Å²) in [6, 6.07) is 73.7. The van der Waals surface area contributed by atoms with Crippen molar-refractivity contribution in [2.75, 3.05) is 4.90 Å². The topological polar surface area (TPSA) is 12.5 Å². The molecule has 276 valence electrons. The number of anilines is 3. The molecule has 0 N–H and O–H groups in total. The highest BCUT2D eigenvalue weighted by molar-refractivity contribution is 7.26. The molecule has 0 unspecified atom stereocenters. The number of benzene rings is 9. The Hall–Kier alpha value is -6.98. The molecule has 59 heavy (non-hydrogen) atoms. The van der Waals surface area contributed by atoms with Gasteiger partial charge in [0.15, 0.2) is 0 Å². The second-order valence-electron chi connectivity index (χ2n) is 15.6. The van der Waals surface area contributed by atoms with Crippen molar-refractivity contribution in [3.8, 4) is 33.8 Å². The van der Waals surface area contributed by atoms with Gasteiger partial charge in [-0.3, -0.25) is 0 Å². The van der Waals surface area contributed by atoms with E-state index in [-0.39, 0.29) is 0 Å². The molecule has 1 spiro atoms. The zero-order valence-electron chi connectivity index (χ0n) is 31.7. The zero-order chi connectivity index (χ0) is 38.7. The van der Waals surface area contributed by atoms with E-state index in [4.69, 9.17) is 4.74 Å². The van der Waals surface area contributed by atoms with E-state index in [9.17, 15) is 0 Å². The number of nitrogens with zero attached hydrogens (tertiary/aromatic N) is 1. The highest BCUT2D eigenvalue weighted by Crippen LogP contribution is 2.62. The maximum absolute atomic E-state index is 6.89. The van der Waals surface area contributed by atoms with E-state index < -0.39 is 5.41 Å². The van der Waals surface area contributed by atoms with Gasteiger partial charge in [0.2, 0.25) is 0 Å². The second-order valence-corrected chi connectivity index (χ2v) is 17.7. The van der Waals surface area contributed by atoms with Gasteiger partial charge in [0.05, 0.1) is 5.41 Å². The minimum absolute atomic E-state index is 0.574. The SMILES string of the molecule is c1ccc(-c2cc(N(c3ccc4c(c3)C3(c5ccccc5O4)c4ccccc4-c4ccccc43)c3ccc4sc5ccccc5c4c3)cc3c2sc2ccccc23)cc1. The summed E-state index contributed by atoms with van der Waals surface area (Å²) in [5.74, 6) is 1.77. The average Bonchev–Trinajstić information content (AvgIpc) is 3.96. The van der Waals surface area contributed by atoms with Crippen LogP contribution in [0, 0.1) is 0 Å². The van der Waals surface area contributed by atoms with Crippen LogP contribution in [0.25, 0.3) is 62.6 Å². The monoisotopic (exact) mass is 787 g/mol. The van der Waals surface area contributed by atoms with Crippen LogP contribution in [0.2, 0.25) is 0 Å². The van der Waals surface area contributed by atoms with Crippen LogP contribution < -0.4 is 9.64 Å². The Balaban J connectivity index is 1.13. The molecular formula is C55H33NOS2. The number of rotatable bonds is 4. The quantitative estimate of drug-likeness (QED) is 0.176. The molecule has 4 heteroatoms. The summed E-state index contributed by atoms with van der Waals surface area (Å²) in [4.78, 5) is 2.48. The van der Waals surface area contributed by atoms with E-state index in [1.807, 2.05) is 22.7 Å². The third-order valence-corrected chi connectivity index (χ3v) is 14.9. The summed E-state index contributed by atoms with van der Waals surface area (Å²) < 4.78 is 12.1. The van der Waals surface area contributed by atoms with Crippen molar-refractivity contribution >= 4 is 80.1 Å². The fourth-order valence-corrected chi connectivity index (χ4v) is 12.4. The largest absolute Gasteiger partial charge is 0.457 e. The predicted octanol–water partition coefficient (Wildman–Crippen LogP) is 16.0. The number of para-hydroxylation sites is 1. The molecule has 0 fully saturated rings. The van der Waals surface area contributed by atoms with E-state index >= 15 is 0 Å². The molecular weight excluding hydrogens is 755 g/mol. The molecule has 0 atom stereocenters. The first kappa shape index (κ1) is 33.0. The molecule has 1 aliphatic heterocycles. The third kappa shape index (κ3) is 4.67. The van der Waals surface area contributed by atoms with Crippen molar-refractivity contribution in [2.24, 2.45) is 0 Å². The fourth-order valence-electron chi connectivity index (χ4n) is 10.1. The summed E-state index contributed by atoms with van der Waals surface area (Å²) in [6.07, 6.45) is 0. The Morgan fingerprint density at radius 3 is 1.69 bits per heavy atom. The average molecular weight is 788 g/mol. The first-order valence-corrected chi connectivity index (χ1v) is 21.7. The van der Waals surface area contributed by atoms with E-state index in [0.29, 0.717) is 0 Å². The van der Waals surface area contributed by atoms with Crippen LogP contribution in [-0.2, 0) is 5.41 Å². The van der Waals surface area contributed by atoms with Gasteiger partial charge in [-0.2, -0.15) is 0 Å². The van der Waals surface area contributed by atoms with Crippen LogP contribution in [-0.4, -0.2) is 0 Å². The predicted molar refractivity (Wildman–Crippen MR) is 250 cm³/mol. The summed E-state index contributed by atoms with van der Waals surface area (Å²) in [7, 11) is 0. The molecule has 3 heterocycles. The minimum atomic E-state index is -0.574. The Kier molecular flexibility index (Phi) is 7.00. The van der Waals surface area contributed by atoms with Crippen molar-refractivity contribution in [3.63, 3.8) is 0 Å². The van der Waals surface area contributed by atoms with Crippen LogP contribution in [0.4, 0.5) is 17.1 Å². The molecule has 2 aliphatic rings. The molecule has 1 aliphatic carbocycles. The van der Waals surface area contributed by atoms with E-state index in [1.165, 1.54) is 73.7 Å². The Bertz CT molecular complexity index is 3460. The van der Waals surface area contributed by atoms with Crippen molar-refractivity contribution in [1.82, 2.24) is 0 Å². The van der Waals surface area contributed by atoms with Crippen molar-refractivity contribution in [2.45, 2.75) is 5.41 Å². The zero-order valence-corrected chi connectivity index (χ0v) is 33.4. The number of fused-ring (bicyclic) bond motifs is 15. The van der Waals surface area contributed by atoms with Crippen molar-refractivity contribution in [1.29, 1.82) is 0 Å². The van der Waals surface area contributed by atoms with Gasteiger partial charge in [-0.15, -0.1) is 22.7 Å². The van der Waals surface area contributed by atoms with Gasteiger partial charge >= 0.3 is 0 Å². The normalized spacial score (nSPS) is 13.4. The second kappa shape index (κ2) is 12.5. The van der Waals surface area contributed by atoms with E-state index in [1.54, 1.807) is 0 Å². The Morgan fingerprint density at radius 1 is 0.356 bits per heavy atom. The number of thiophene rings is 2. The lowest BCUT2D eigenvalue weighted by atomic mass is 9.66. The highest BCUT2D eigenvalue weighted by Gasteiger charge is 2.51. The Morgan fingerprint density at radius 2 is 0.915 bits per heavy atom. The smallest absolute Gasteiger partial charge is 0.132 e. The van der Waals surface area contributed by atoms with Gasteiger partial charge in [-0.25, -0.2) is 0 Å². The van der Waals surface area contributed by atoms with Gasteiger partial charge in [-0.05, 0) is 94.5 Å². The molecule has 0 amide bonds. The standard InChI is InChI=1S/C55H33NOS2/c1-2-14-34(15-3-1)42-31-37(32-44-41-19-7-13-25-52(41)59-54(42)44)56(35-27-29-53-43(30-35)40-18-6-12-24-51(40)58-53)36-26-28-50-48(33-36)55(47-22-10-11-23-49(47)57-50)45-20-8-4-16-38(45)39-17-5-9-21-46(39)55/h1-33H. The van der Waals surface area contributed by atoms with Crippen molar-refractivity contribution < 1.29 is 4.74 Å². The van der Waals surface area contributed by atoms with Gasteiger partial charge in [-0.1, -0.05) is 133 Å². The maximum atomic E-state index is 6.89. The number of hydrogen-bond donors (Lipinski definition) is 0. The number of hydrogen-bond acceptors (Lipinski definition) is 4. The summed E-state index contributed by atoms with van der Waals surface area (Å²) >= 11 is 3.73. The molecule has 2 nitrogen and oxygen atoms in total. The third-order valence-electron chi connectivity index (χ3n) is 12.5. The lowest BCUT2D eigenvalue weighted by Crippen LogP contribution is -2.32. The van der Waals surface area contributed by atoms with E-state index in [2.05, 4.69) is 205 Å². The molecule has 0 saturated carbocycles. The summed E-state index contributed by atoms with van der Waals surface area (Å²) in [5, 5.41) is 5.09. The summed E-state index contributed by atoms with van der Waals surface area (Å²) in [5.41, 5.74) is 12.6. The molecule has 0 saturated heterocycles. The van der Waals surface area contributed by atoms with Crippen LogP contribution in [0.3, 0.4) is 0 Å². The van der Waals surface area contributed by atoms with Crippen LogP contribution in [0.15, 0.2) is 200 Å². The number of ether oxygens (including phenoxy) is 1. The molecule has 2 aromatic heterocycles. The first-order valence-electron chi connectivity index (χ1n) is 20.1. The van der Waals surface area contributed by atoms with Gasteiger partial charge in [0, 0.05) is 74.1 Å². The molecule has 11 aromatic rings. The lowest BCUT2D eigenvalue weighted by molar-refractivity contribution is 0.436. The summed E-state index contributed by atoms with van der Waals surface area (Å²) in [6.45, 7) is 0. The van der Waals surface area contributed by atoms with E-state index in [0.717, 1.165) is 39.7 Å². The van der Waals surface area contributed by atoms with Crippen LogP contribution in [0.5, 0.6) is 11.5 Å². The Labute approximate surface area is 349 Å². The molecule has 0 radical (unpaired) electrons. The molecule has 0 bridgehead atoms. The van der Waals surface area contributed by atoms with Gasteiger partial charge in [0.25, 0.3) is 0 Å². The maximum Gasteiger partial charge on any atom is 0.132 e. The van der Waals surface area contributed by atoms with Crippen molar-refractivity contribution in [3.05, 3.63) is 222 Å². The lowest BCUT2D eigenvalue weighted by Gasteiger charge is -2.40. The highest BCUT2D eigenvalue weighted by atomic mass is 32.1. The fraction of sp³-hybridized carbons (Fsp3) is 0.0182. The van der Waals surface area contributed by atoms with Gasteiger partial charge in [0.1, 0.15) is 11.5 Å². The van der Waals surface area contributed by atoms with Crippen LogP contribution >= 0.6 is 22.7 Å². The molecule has 9 aromatic carbocycles. The first-order chi connectivity index (χ1) is 29.2. The van der Waals surface area contributed by atoms with Crippen LogP contribution in [0.1, 0.15) is 22.3 Å². The molecule has 13 rings (SSSR count). The van der Waals surface area contributed by atoms with Gasteiger partial charge < -0.3 is 9.64 Å².